The molecule has 0 saturated carbocycles. The fraction of sp³-hybridized carbons (Fsp3) is 0.562. The Morgan fingerprint density at radius 3 is 2.95 bits per heavy atom. The summed E-state index contributed by atoms with van der Waals surface area (Å²) in [6.07, 6.45) is 3.56. The summed E-state index contributed by atoms with van der Waals surface area (Å²) in [6, 6.07) is 5.04. The monoisotopic (exact) mass is 311 g/mol. The van der Waals surface area contributed by atoms with Gasteiger partial charge in [0.05, 0.1) is 5.56 Å². The highest BCUT2D eigenvalue weighted by molar-refractivity contribution is 6.17. The summed E-state index contributed by atoms with van der Waals surface area (Å²) in [5, 5.41) is 9.11. The van der Waals surface area contributed by atoms with E-state index in [1.807, 2.05) is 0 Å². The van der Waals surface area contributed by atoms with Crippen LogP contribution in [-0.2, 0) is 5.88 Å². The summed E-state index contributed by atoms with van der Waals surface area (Å²) in [6.45, 7) is 5.25. The number of rotatable bonds is 5. The molecule has 21 heavy (non-hydrogen) atoms. The van der Waals surface area contributed by atoms with Crippen molar-refractivity contribution in [1.29, 1.82) is 0 Å². The zero-order chi connectivity index (χ0) is 15.2. The van der Waals surface area contributed by atoms with Gasteiger partial charge in [-0.1, -0.05) is 6.92 Å². The van der Waals surface area contributed by atoms with Crippen LogP contribution < -0.4 is 4.74 Å². The number of aromatic carboxylic acids is 1. The number of carboxylic acids is 1. The van der Waals surface area contributed by atoms with Crippen molar-refractivity contribution >= 4 is 17.6 Å². The van der Waals surface area contributed by atoms with E-state index in [0.717, 1.165) is 32.5 Å². The molecule has 1 fully saturated rings. The molecule has 5 heteroatoms. The second-order valence-corrected chi connectivity index (χ2v) is 5.65. The Bertz CT molecular complexity index is 492. The maximum absolute atomic E-state index is 11.1. The SMILES string of the molecule is CCN1CCCCC(Oc2ccc(C(=O)O)c(CCl)c2)C1. The third-order valence-electron chi connectivity index (χ3n) is 3.91. The predicted octanol–water partition coefficient (Wildman–Crippen LogP) is 3.38. The first-order valence-electron chi connectivity index (χ1n) is 7.45. The normalized spacial score (nSPS) is 20.0. The van der Waals surface area contributed by atoms with Crippen molar-refractivity contribution in [3.05, 3.63) is 29.3 Å². The summed E-state index contributed by atoms with van der Waals surface area (Å²) in [7, 11) is 0. The number of likely N-dealkylation sites (tertiary alicyclic amines) is 1. The number of carbonyl (C=O) groups is 1. The quantitative estimate of drug-likeness (QED) is 0.847. The zero-order valence-corrected chi connectivity index (χ0v) is 13.1. The smallest absolute Gasteiger partial charge is 0.336 e. The molecule has 1 heterocycles. The van der Waals surface area contributed by atoms with Gasteiger partial charge in [0.25, 0.3) is 0 Å². The number of halogens is 1. The molecule has 0 aliphatic carbocycles. The lowest BCUT2D eigenvalue weighted by molar-refractivity contribution is 0.0696. The minimum absolute atomic E-state index is 0.159. The van der Waals surface area contributed by atoms with Gasteiger partial charge < -0.3 is 9.84 Å². The number of carboxylic acid groups (broad SMARTS) is 1. The molecular formula is C16H22ClNO3. The number of hydrogen-bond donors (Lipinski definition) is 1. The van der Waals surface area contributed by atoms with Crippen LogP contribution in [0.25, 0.3) is 0 Å². The standard InChI is InChI=1S/C16H22ClNO3/c1-2-18-8-4-3-5-14(11-18)21-13-6-7-15(16(19)20)12(9-13)10-17/h6-7,9,14H,2-5,8,10-11H2,1H3,(H,19,20). The lowest BCUT2D eigenvalue weighted by atomic mass is 10.1. The van der Waals surface area contributed by atoms with Gasteiger partial charge in [-0.15, -0.1) is 11.6 Å². The summed E-state index contributed by atoms with van der Waals surface area (Å²) >= 11 is 5.84. The summed E-state index contributed by atoms with van der Waals surface area (Å²) in [5.41, 5.74) is 0.844. The average Bonchev–Trinajstić information content (AvgIpc) is 2.72. The van der Waals surface area contributed by atoms with Gasteiger partial charge in [-0.05, 0) is 56.1 Å². The molecule has 4 nitrogen and oxygen atoms in total. The minimum atomic E-state index is -0.955. The van der Waals surface area contributed by atoms with Crippen molar-refractivity contribution in [3.8, 4) is 5.75 Å². The van der Waals surface area contributed by atoms with Crippen molar-refractivity contribution < 1.29 is 14.6 Å². The highest BCUT2D eigenvalue weighted by Crippen LogP contribution is 2.23. The van der Waals surface area contributed by atoms with Crippen molar-refractivity contribution in [1.82, 2.24) is 4.90 Å². The Morgan fingerprint density at radius 1 is 1.48 bits per heavy atom. The third-order valence-corrected chi connectivity index (χ3v) is 4.20. The van der Waals surface area contributed by atoms with E-state index in [4.69, 9.17) is 21.4 Å². The maximum atomic E-state index is 11.1. The van der Waals surface area contributed by atoms with Crippen molar-refractivity contribution in [3.63, 3.8) is 0 Å². The molecular weight excluding hydrogens is 290 g/mol. The minimum Gasteiger partial charge on any atom is -0.489 e. The second kappa shape index (κ2) is 7.66. The van der Waals surface area contributed by atoms with E-state index in [1.54, 1.807) is 18.2 Å². The molecule has 0 aromatic heterocycles. The first kappa shape index (κ1) is 16.1. The molecule has 1 N–H and O–H groups in total. The largest absolute Gasteiger partial charge is 0.489 e. The molecule has 1 saturated heterocycles. The Hall–Kier alpha value is -1.26. The number of likely N-dealkylation sites (N-methyl/N-ethyl adjacent to an activating group) is 1. The van der Waals surface area contributed by atoms with Crippen LogP contribution in [-0.4, -0.2) is 41.7 Å². The number of nitrogens with zero attached hydrogens (tertiary/aromatic N) is 1. The first-order chi connectivity index (χ1) is 10.1. The zero-order valence-electron chi connectivity index (χ0n) is 12.3. The van der Waals surface area contributed by atoms with Crippen molar-refractivity contribution in [2.45, 2.75) is 38.2 Å². The van der Waals surface area contributed by atoms with Gasteiger partial charge in [0.1, 0.15) is 11.9 Å². The van der Waals surface area contributed by atoms with Crippen LogP contribution in [0, 0.1) is 0 Å². The van der Waals surface area contributed by atoms with Gasteiger partial charge in [-0.3, -0.25) is 4.90 Å². The van der Waals surface area contributed by atoms with Crippen LogP contribution >= 0.6 is 11.6 Å². The predicted molar refractivity (Wildman–Crippen MR) is 83.3 cm³/mol. The molecule has 0 amide bonds. The number of benzene rings is 1. The van der Waals surface area contributed by atoms with E-state index in [2.05, 4.69) is 11.8 Å². The van der Waals surface area contributed by atoms with Crippen molar-refractivity contribution in [2.24, 2.45) is 0 Å². The summed E-state index contributed by atoms with van der Waals surface area (Å²) in [5.74, 6) is -0.0765. The number of hydrogen-bond acceptors (Lipinski definition) is 3. The fourth-order valence-electron chi connectivity index (χ4n) is 2.72. The van der Waals surface area contributed by atoms with Crippen molar-refractivity contribution in [2.75, 3.05) is 19.6 Å². The molecule has 1 atom stereocenters. The third kappa shape index (κ3) is 4.35. The van der Waals surface area contributed by atoms with Gasteiger partial charge in [0.15, 0.2) is 0 Å². The highest BCUT2D eigenvalue weighted by Gasteiger charge is 2.19. The summed E-state index contributed by atoms with van der Waals surface area (Å²) < 4.78 is 6.05. The van der Waals surface area contributed by atoms with Gasteiger partial charge in [0.2, 0.25) is 0 Å². The Morgan fingerprint density at radius 2 is 2.29 bits per heavy atom. The van der Waals surface area contributed by atoms with E-state index in [9.17, 15) is 4.79 Å². The van der Waals surface area contributed by atoms with E-state index >= 15 is 0 Å². The maximum Gasteiger partial charge on any atom is 0.336 e. The summed E-state index contributed by atoms with van der Waals surface area (Å²) in [4.78, 5) is 13.5. The average molecular weight is 312 g/mol. The number of ether oxygens (including phenoxy) is 1. The lowest BCUT2D eigenvalue weighted by Gasteiger charge is -2.24. The van der Waals surface area contributed by atoms with Crippen LogP contribution in [0.5, 0.6) is 5.75 Å². The molecule has 1 unspecified atom stereocenters. The van der Waals surface area contributed by atoms with Crippen LogP contribution in [0.1, 0.15) is 42.1 Å². The highest BCUT2D eigenvalue weighted by atomic mass is 35.5. The van der Waals surface area contributed by atoms with Crippen LogP contribution in [0.3, 0.4) is 0 Å². The molecule has 1 aromatic carbocycles. The lowest BCUT2D eigenvalue weighted by Crippen LogP contribution is -2.33. The fourth-order valence-corrected chi connectivity index (χ4v) is 2.94. The van der Waals surface area contributed by atoms with Crippen LogP contribution in [0.15, 0.2) is 18.2 Å². The van der Waals surface area contributed by atoms with Gasteiger partial charge in [-0.25, -0.2) is 4.79 Å². The number of alkyl halides is 1. The Labute approximate surface area is 130 Å². The molecule has 2 rings (SSSR count). The Kier molecular flexibility index (Phi) is 5.88. The van der Waals surface area contributed by atoms with Gasteiger partial charge >= 0.3 is 5.97 Å². The Balaban J connectivity index is 2.09. The van der Waals surface area contributed by atoms with E-state index in [0.29, 0.717) is 11.3 Å². The van der Waals surface area contributed by atoms with Gasteiger partial charge in [-0.2, -0.15) is 0 Å². The van der Waals surface area contributed by atoms with Crippen LogP contribution in [0.2, 0.25) is 0 Å². The first-order valence-corrected chi connectivity index (χ1v) is 7.98. The molecule has 116 valence electrons. The molecule has 1 aliphatic heterocycles. The molecule has 0 bridgehead atoms. The molecule has 1 aromatic rings. The molecule has 1 aliphatic rings. The van der Waals surface area contributed by atoms with Gasteiger partial charge in [0, 0.05) is 12.4 Å². The second-order valence-electron chi connectivity index (χ2n) is 5.39. The van der Waals surface area contributed by atoms with E-state index in [-0.39, 0.29) is 17.5 Å². The van der Waals surface area contributed by atoms with E-state index in [1.165, 1.54) is 6.42 Å². The topological polar surface area (TPSA) is 49.8 Å². The molecule has 0 radical (unpaired) electrons. The van der Waals surface area contributed by atoms with E-state index < -0.39 is 5.97 Å². The van der Waals surface area contributed by atoms with Crippen LogP contribution in [0.4, 0.5) is 0 Å². The molecule has 0 spiro atoms.